The van der Waals surface area contributed by atoms with Gasteiger partial charge < -0.3 is 42.6 Å². The highest BCUT2D eigenvalue weighted by atomic mass is 16.4. The van der Waals surface area contributed by atoms with Crippen molar-refractivity contribution in [2.75, 3.05) is 6.54 Å². The first kappa shape index (κ1) is 33.1. The van der Waals surface area contributed by atoms with Gasteiger partial charge in [-0.2, -0.15) is 0 Å². The van der Waals surface area contributed by atoms with Crippen molar-refractivity contribution in [1.82, 2.24) is 20.9 Å². The molecule has 1 heterocycles. The smallest absolute Gasteiger partial charge is 0.326 e. The number of aromatic nitrogens is 1. The van der Waals surface area contributed by atoms with Crippen LogP contribution in [0.1, 0.15) is 44.2 Å². The predicted octanol–water partition coefficient (Wildman–Crippen LogP) is 1.31. The Morgan fingerprint density at radius 2 is 1.53 bits per heavy atom. The van der Waals surface area contributed by atoms with Crippen molar-refractivity contribution in [3.63, 3.8) is 0 Å². The number of carbonyl (C=O) groups is 4. The van der Waals surface area contributed by atoms with Crippen molar-refractivity contribution in [3.8, 4) is 5.75 Å². The van der Waals surface area contributed by atoms with Gasteiger partial charge in [-0.3, -0.25) is 14.4 Å². The number of nitrogens with one attached hydrogen (secondary N) is 4. The third-order valence-corrected chi connectivity index (χ3v) is 7.27. The number of nitrogens with two attached hydrogens (primary N) is 2. The van der Waals surface area contributed by atoms with Gasteiger partial charge in [0.1, 0.15) is 23.9 Å². The number of carbonyl (C=O) groups excluding carboxylic acids is 3. The Kier molecular flexibility index (Phi) is 12.1. The number of aliphatic carboxylic acids is 1. The van der Waals surface area contributed by atoms with E-state index in [1.165, 1.54) is 12.1 Å². The van der Waals surface area contributed by atoms with Gasteiger partial charge in [0, 0.05) is 23.5 Å². The highest BCUT2D eigenvalue weighted by molar-refractivity contribution is 5.94. The molecule has 3 aromatic rings. The number of benzene rings is 2. The average Bonchev–Trinajstić information content (AvgIpc) is 3.38. The SMILES string of the molecule is CC(C)C(NC(=O)C(CCCCN)NC(=O)C(N)Cc1ccc(O)cc1)C(=O)NC(Cc1c[nH]c2ccccc12)C(=O)O. The fraction of sp³-hybridized carbons (Fsp3) is 0.419. The van der Waals surface area contributed by atoms with Crippen LogP contribution in [0, 0.1) is 5.92 Å². The second-order valence-electron chi connectivity index (χ2n) is 11.0. The zero-order valence-electron chi connectivity index (χ0n) is 24.5. The second kappa shape index (κ2) is 15.7. The molecule has 0 aliphatic carbocycles. The number of aromatic amines is 1. The molecule has 2 aromatic carbocycles. The van der Waals surface area contributed by atoms with Crippen molar-refractivity contribution in [1.29, 1.82) is 0 Å². The molecule has 1 aromatic heterocycles. The largest absolute Gasteiger partial charge is 0.508 e. The number of phenols is 1. The van der Waals surface area contributed by atoms with Gasteiger partial charge in [0.05, 0.1) is 6.04 Å². The molecule has 0 radical (unpaired) electrons. The minimum absolute atomic E-state index is 0.0422. The van der Waals surface area contributed by atoms with Gasteiger partial charge in [0.2, 0.25) is 17.7 Å². The number of hydrogen-bond acceptors (Lipinski definition) is 7. The summed E-state index contributed by atoms with van der Waals surface area (Å²) in [6.07, 6.45) is 3.39. The van der Waals surface area contributed by atoms with Crippen LogP contribution in [0.2, 0.25) is 0 Å². The molecule has 0 saturated heterocycles. The van der Waals surface area contributed by atoms with E-state index in [1.54, 1.807) is 32.2 Å². The van der Waals surface area contributed by atoms with Crippen LogP contribution in [-0.4, -0.2) is 69.6 Å². The Bertz CT molecular complexity index is 1390. The minimum Gasteiger partial charge on any atom is -0.508 e. The van der Waals surface area contributed by atoms with Gasteiger partial charge in [-0.15, -0.1) is 0 Å². The van der Waals surface area contributed by atoms with Crippen LogP contribution in [0.3, 0.4) is 0 Å². The van der Waals surface area contributed by atoms with Crippen molar-refractivity contribution in [2.24, 2.45) is 17.4 Å². The van der Waals surface area contributed by atoms with E-state index in [2.05, 4.69) is 20.9 Å². The van der Waals surface area contributed by atoms with E-state index < -0.39 is 47.9 Å². The zero-order chi connectivity index (χ0) is 31.5. The Balaban J connectivity index is 1.69. The van der Waals surface area contributed by atoms with Gasteiger partial charge in [-0.05, 0) is 67.5 Å². The number of carboxylic acid groups (broad SMARTS) is 1. The number of amides is 3. The van der Waals surface area contributed by atoms with E-state index in [9.17, 15) is 29.4 Å². The quantitative estimate of drug-likeness (QED) is 0.113. The molecule has 12 nitrogen and oxygen atoms in total. The maximum absolute atomic E-state index is 13.4. The van der Waals surface area contributed by atoms with E-state index >= 15 is 0 Å². The number of rotatable bonds is 16. The maximum Gasteiger partial charge on any atom is 0.326 e. The second-order valence-corrected chi connectivity index (χ2v) is 11.0. The predicted molar refractivity (Wildman–Crippen MR) is 163 cm³/mol. The Morgan fingerprint density at radius 1 is 0.860 bits per heavy atom. The minimum atomic E-state index is -1.23. The molecule has 4 unspecified atom stereocenters. The number of carboxylic acids is 1. The molecule has 12 heteroatoms. The lowest BCUT2D eigenvalue weighted by Crippen LogP contribution is -2.58. The molecule has 43 heavy (non-hydrogen) atoms. The monoisotopic (exact) mass is 594 g/mol. The zero-order valence-corrected chi connectivity index (χ0v) is 24.5. The van der Waals surface area contributed by atoms with Gasteiger partial charge in [-0.1, -0.05) is 44.2 Å². The lowest BCUT2D eigenvalue weighted by atomic mass is 9.99. The average molecular weight is 595 g/mol. The van der Waals surface area contributed by atoms with Crippen molar-refractivity contribution in [2.45, 2.75) is 70.1 Å². The third-order valence-electron chi connectivity index (χ3n) is 7.27. The number of aromatic hydroxyl groups is 1. The summed E-state index contributed by atoms with van der Waals surface area (Å²) in [4.78, 5) is 54.9. The molecule has 0 saturated carbocycles. The van der Waals surface area contributed by atoms with Crippen molar-refractivity contribution < 1.29 is 29.4 Å². The summed E-state index contributed by atoms with van der Waals surface area (Å²) in [7, 11) is 0. The van der Waals surface area contributed by atoms with Crippen LogP contribution in [-0.2, 0) is 32.0 Å². The van der Waals surface area contributed by atoms with Crippen molar-refractivity contribution in [3.05, 3.63) is 65.9 Å². The Morgan fingerprint density at radius 3 is 2.19 bits per heavy atom. The molecule has 0 fully saturated rings. The normalized spacial score (nSPS) is 14.1. The fourth-order valence-electron chi connectivity index (χ4n) is 4.79. The first-order valence-corrected chi connectivity index (χ1v) is 14.4. The molecule has 3 amide bonds. The third kappa shape index (κ3) is 9.55. The number of hydrogen-bond donors (Lipinski definition) is 8. The number of unbranched alkanes of at least 4 members (excludes halogenated alkanes) is 1. The molecule has 0 spiro atoms. The number of phenolic OH excluding ortho intramolecular Hbond substituents is 1. The summed E-state index contributed by atoms with van der Waals surface area (Å²) in [6.45, 7) is 3.87. The molecule has 10 N–H and O–H groups in total. The summed E-state index contributed by atoms with van der Waals surface area (Å²) in [6, 6.07) is 9.52. The Hall–Kier alpha value is -4.42. The molecule has 232 valence electrons. The summed E-state index contributed by atoms with van der Waals surface area (Å²) in [5.41, 5.74) is 14.1. The van der Waals surface area contributed by atoms with Crippen LogP contribution in [0.25, 0.3) is 10.9 Å². The van der Waals surface area contributed by atoms with Crippen LogP contribution in [0.4, 0.5) is 0 Å². The van der Waals surface area contributed by atoms with Gasteiger partial charge >= 0.3 is 5.97 Å². The molecule has 4 atom stereocenters. The topological polar surface area (TPSA) is 213 Å². The van der Waals surface area contributed by atoms with E-state index in [0.29, 0.717) is 19.4 Å². The van der Waals surface area contributed by atoms with Crippen LogP contribution in [0.5, 0.6) is 5.75 Å². The van der Waals surface area contributed by atoms with Crippen LogP contribution in [0.15, 0.2) is 54.7 Å². The van der Waals surface area contributed by atoms with Gasteiger partial charge in [-0.25, -0.2) is 4.79 Å². The first-order valence-electron chi connectivity index (χ1n) is 14.4. The molecular formula is C31H42N6O6. The molecular weight excluding hydrogens is 552 g/mol. The fourth-order valence-corrected chi connectivity index (χ4v) is 4.79. The molecule has 0 aliphatic rings. The van der Waals surface area contributed by atoms with Crippen molar-refractivity contribution >= 4 is 34.6 Å². The van der Waals surface area contributed by atoms with Gasteiger partial charge in [0.25, 0.3) is 0 Å². The summed E-state index contributed by atoms with van der Waals surface area (Å²) in [5, 5.41) is 28.2. The first-order chi connectivity index (χ1) is 20.5. The van der Waals surface area contributed by atoms with E-state index in [4.69, 9.17) is 11.5 Å². The maximum atomic E-state index is 13.4. The number of H-pyrrole nitrogens is 1. The molecule has 0 bridgehead atoms. The Labute approximate surface area is 250 Å². The van der Waals surface area contributed by atoms with Crippen LogP contribution < -0.4 is 27.4 Å². The highest BCUT2D eigenvalue weighted by Crippen LogP contribution is 2.19. The van der Waals surface area contributed by atoms with E-state index in [-0.39, 0.29) is 30.9 Å². The standard InChI is InChI=1S/C31H42N6O6/c1-18(2)27(30(41)36-26(31(42)43)16-20-17-34-24-8-4-3-7-22(20)24)37-29(40)25(9-5-6-14-32)35-28(39)23(33)15-19-10-12-21(38)13-11-19/h3-4,7-8,10-13,17-18,23,25-27,34,38H,5-6,9,14-16,32-33H2,1-2H3,(H,35,39)(H,36,41)(H,37,40)(H,42,43). The summed E-state index contributed by atoms with van der Waals surface area (Å²) in [5.74, 6) is -3.28. The highest BCUT2D eigenvalue weighted by Gasteiger charge is 2.32. The van der Waals surface area contributed by atoms with E-state index in [0.717, 1.165) is 22.0 Å². The van der Waals surface area contributed by atoms with Gasteiger partial charge in [0.15, 0.2) is 0 Å². The van der Waals surface area contributed by atoms with Crippen LogP contribution >= 0.6 is 0 Å². The lowest BCUT2D eigenvalue weighted by molar-refractivity contribution is -0.142. The summed E-state index contributed by atoms with van der Waals surface area (Å²) >= 11 is 0. The number of fused-ring (bicyclic) bond motifs is 1. The summed E-state index contributed by atoms with van der Waals surface area (Å²) < 4.78 is 0. The number of para-hydroxylation sites is 1. The molecule has 3 rings (SSSR count). The van der Waals surface area contributed by atoms with E-state index in [1.807, 2.05) is 24.3 Å². The molecule has 0 aliphatic heterocycles. The lowest BCUT2D eigenvalue weighted by Gasteiger charge is -2.27.